The van der Waals surface area contributed by atoms with Crippen molar-refractivity contribution >= 4 is 5.97 Å². The normalized spacial score (nSPS) is 11.5. The molecule has 0 aliphatic heterocycles. The highest BCUT2D eigenvalue weighted by molar-refractivity contribution is 5.82. The van der Waals surface area contributed by atoms with Crippen molar-refractivity contribution in [1.29, 1.82) is 0 Å². The number of carbonyl (C=O) groups excluding carboxylic acids is 1. The van der Waals surface area contributed by atoms with Gasteiger partial charge in [-0.25, -0.2) is 4.79 Å². The zero-order valence-electron chi connectivity index (χ0n) is 9.08. The van der Waals surface area contributed by atoms with Gasteiger partial charge in [-0.15, -0.1) is 0 Å². The number of hydrogen-bond acceptors (Lipinski definition) is 3. The molecule has 0 aromatic carbocycles. The van der Waals surface area contributed by atoms with Crippen molar-refractivity contribution in [2.75, 3.05) is 13.2 Å². The van der Waals surface area contributed by atoms with E-state index in [2.05, 4.69) is 6.92 Å². The van der Waals surface area contributed by atoms with Crippen molar-refractivity contribution in [3.05, 3.63) is 11.6 Å². The van der Waals surface area contributed by atoms with E-state index in [1.165, 1.54) is 18.9 Å². The minimum Gasteiger partial charge on any atom is -0.460 e. The third-order valence-corrected chi connectivity index (χ3v) is 1.87. The molecule has 0 aliphatic rings. The molecule has 0 saturated heterocycles. The number of esters is 1. The summed E-state index contributed by atoms with van der Waals surface area (Å²) in [5.41, 5.74) is 1.04. The summed E-state index contributed by atoms with van der Waals surface area (Å²) in [5.74, 6) is -0.354. The third kappa shape index (κ3) is 7.80. The summed E-state index contributed by atoms with van der Waals surface area (Å²) in [6.07, 6.45) is 5.94. The van der Waals surface area contributed by atoms with Crippen LogP contribution in [0.5, 0.6) is 0 Å². The van der Waals surface area contributed by atoms with Crippen molar-refractivity contribution in [2.45, 2.75) is 39.5 Å². The van der Waals surface area contributed by atoms with Crippen molar-refractivity contribution in [2.24, 2.45) is 0 Å². The first-order valence-electron chi connectivity index (χ1n) is 5.15. The Morgan fingerprint density at radius 1 is 1.43 bits per heavy atom. The maximum Gasteiger partial charge on any atom is 0.330 e. The molecule has 0 atom stereocenters. The number of aliphatic hydroxyl groups excluding tert-OH is 1. The van der Waals surface area contributed by atoms with E-state index in [0.717, 1.165) is 18.4 Å². The Morgan fingerprint density at radius 3 is 2.71 bits per heavy atom. The van der Waals surface area contributed by atoms with Crippen molar-refractivity contribution in [3.63, 3.8) is 0 Å². The molecule has 14 heavy (non-hydrogen) atoms. The molecule has 0 heterocycles. The van der Waals surface area contributed by atoms with Gasteiger partial charge in [-0.2, -0.15) is 0 Å². The second-order valence-electron chi connectivity index (χ2n) is 3.34. The van der Waals surface area contributed by atoms with E-state index in [9.17, 15) is 4.79 Å². The quantitative estimate of drug-likeness (QED) is 0.388. The van der Waals surface area contributed by atoms with Gasteiger partial charge in [0.1, 0.15) is 6.61 Å². The fourth-order valence-electron chi connectivity index (χ4n) is 1.12. The van der Waals surface area contributed by atoms with Crippen LogP contribution >= 0.6 is 0 Å². The lowest BCUT2D eigenvalue weighted by Crippen LogP contribution is -2.05. The summed E-state index contributed by atoms with van der Waals surface area (Å²) in [4.78, 5) is 11.0. The van der Waals surface area contributed by atoms with Gasteiger partial charge in [0.05, 0.1) is 6.61 Å². The van der Waals surface area contributed by atoms with Gasteiger partial charge >= 0.3 is 5.97 Å². The fraction of sp³-hybridized carbons (Fsp3) is 0.727. The lowest BCUT2D eigenvalue weighted by atomic mass is 10.1. The van der Waals surface area contributed by atoms with Crippen molar-refractivity contribution < 1.29 is 14.6 Å². The first kappa shape index (κ1) is 13.2. The molecule has 0 aromatic heterocycles. The highest BCUT2D eigenvalue weighted by atomic mass is 16.5. The molecule has 3 nitrogen and oxygen atoms in total. The minimum absolute atomic E-state index is 0.0809. The van der Waals surface area contributed by atoms with Crippen LogP contribution in [0.4, 0.5) is 0 Å². The van der Waals surface area contributed by atoms with Crippen LogP contribution < -0.4 is 0 Å². The zero-order chi connectivity index (χ0) is 10.8. The van der Waals surface area contributed by atoms with E-state index in [0.29, 0.717) is 0 Å². The van der Waals surface area contributed by atoms with Crippen LogP contribution in [0.15, 0.2) is 11.6 Å². The highest BCUT2D eigenvalue weighted by Gasteiger charge is 1.98. The Morgan fingerprint density at radius 2 is 2.14 bits per heavy atom. The molecule has 0 bridgehead atoms. The molecule has 0 amide bonds. The second kappa shape index (κ2) is 8.75. The number of ether oxygens (including phenoxy) is 1. The molecular weight excluding hydrogens is 180 g/mol. The largest absolute Gasteiger partial charge is 0.460 e. The summed E-state index contributed by atoms with van der Waals surface area (Å²) in [6.45, 7) is 4.04. The predicted molar refractivity (Wildman–Crippen MR) is 55.9 cm³/mol. The van der Waals surface area contributed by atoms with Crippen molar-refractivity contribution in [1.82, 2.24) is 0 Å². The average molecular weight is 200 g/mol. The van der Waals surface area contributed by atoms with E-state index < -0.39 is 0 Å². The van der Waals surface area contributed by atoms with Crippen LogP contribution in [0.1, 0.15) is 39.5 Å². The van der Waals surface area contributed by atoms with E-state index in [-0.39, 0.29) is 19.2 Å². The molecule has 0 fully saturated rings. The van der Waals surface area contributed by atoms with Gasteiger partial charge < -0.3 is 9.84 Å². The Hall–Kier alpha value is -0.830. The van der Waals surface area contributed by atoms with Crippen LogP contribution in [0.3, 0.4) is 0 Å². The molecule has 0 saturated carbocycles. The van der Waals surface area contributed by atoms with Gasteiger partial charge in [-0.3, -0.25) is 0 Å². The van der Waals surface area contributed by atoms with Gasteiger partial charge in [0.15, 0.2) is 0 Å². The number of aliphatic hydroxyl groups is 1. The van der Waals surface area contributed by atoms with Gasteiger partial charge in [0.2, 0.25) is 0 Å². The first-order chi connectivity index (χ1) is 6.70. The fourth-order valence-corrected chi connectivity index (χ4v) is 1.12. The first-order valence-corrected chi connectivity index (χ1v) is 5.15. The van der Waals surface area contributed by atoms with Crippen LogP contribution in [0, 0.1) is 0 Å². The second-order valence-corrected chi connectivity index (χ2v) is 3.34. The molecule has 0 spiro atoms. The van der Waals surface area contributed by atoms with Crippen LogP contribution in [0.25, 0.3) is 0 Å². The van der Waals surface area contributed by atoms with E-state index in [1.54, 1.807) is 0 Å². The zero-order valence-corrected chi connectivity index (χ0v) is 9.08. The molecule has 0 unspecified atom stereocenters. The number of allylic oxidation sites excluding steroid dienone is 1. The van der Waals surface area contributed by atoms with Gasteiger partial charge in [0, 0.05) is 6.08 Å². The Bertz CT molecular complexity index is 185. The smallest absolute Gasteiger partial charge is 0.330 e. The Balaban J connectivity index is 3.67. The lowest BCUT2D eigenvalue weighted by molar-refractivity contribution is -0.138. The molecule has 3 heteroatoms. The summed E-state index contributed by atoms with van der Waals surface area (Å²) in [5, 5.41) is 8.42. The number of rotatable bonds is 7. The number of unbranched alkanes of at least 4 members (excludes halogenated alkanes) is 2. The van der Waals surface area contributed by atoms with E-state index >= 15 is 0 Å². The molecule has 1 N–H and O–H groups in total. The predicted octanol–water partition coefficient (Wildman–Crippen LogP) is 2.05. The number of hydrogen-bond donors (Lipinski definition) is 1. The summed E-state index contributed by atoms with van der Waals surface area (Å²) in [6, 6.07) is 0. The lowest BCUT2D eigenvalue weighted by Gasteiger charge is -2.01. The molecule has 0 aliphatic carbocycles. The maximum absolute atomic E-state index is 11.0. The van der Waals surface area contributed by atoms with Crippen LogP contribution in [0.2, 0.25) is 0 Å². The van der Waals surface area contributed by atoms with Crippen LogP contribution in [-0.2, 0) is 9.53 Å². The highest BCUT2D eigenvalue weighted by Crippen LogP contribution is 2.07. The summed E-state index contributed by atoms with van der Waals surface area (Å²) >= 11 is 0. The van der Waals surface area contributed by atoms with Gasteiger partial charge in [0.25, 0.3) is 0 Å². The minimum atomic E-state index is -0.354. The SMILES string of the molecule is CCCCC/C(C)=C/C(=O)OCCO. The summed E-state index contributed by atoms with van der Waals surface area (Å²) < 4.78 is 4.70. The monoisotopic (exact) mass is 200 g/mol. The molecule has 82 valence electrons. The molecule has 0 rings (SSSR count). The number of carbonyl (C=O) groups is 1. The molecular formula is C11H20O3. The van der Waals surface area contributed by atoms with Crippen molar-refractivity contribution in [3.8, 4) is 0 Å². The van der Waals surface area contributed by atoms with E-state index in [4.69, 9.17) is 9.84 Å². The van der Waals surface area contributed by atoms with Crippen LogP contribution in [-0.4, -0.2) is 24.3 Å². The topological polar surface area (TPSA) is 46.5 Å². The van der Waals surface area contributed by atoms with Gasteiger partial charge in [-0.05, 0) is 19.8 Å². The van der Waals surface area contributed by atoms with E-state index in [1.807, 2.05) is 6.92 Å². The third-order valence-electron chi connectivity index (χ3n) is 1.87. The molecule has 0 aromatic rings. The maximum atomic E-state index is 11.0. The molecule has 0 radical (unpaired) electrons. The Kier molecular flexibility index (Phi) is 8.24. The van der Waals surface area contributed by atoms with Gasteiger partial charge in [-0.1, -0.05) is 25.3 Å². The standard InChI is InChI=1S/C11H20O3/c1-3-4-5-6-10(2)9-11(13)14-8-7-12/h9,12H,3-8H2,1-2H3/b10-9+. The average Bonchev–Trinajstić information content (AvgIpc) is 2.15. The Labute approximate surface area is 85.8 Å². The summed E-state index contributed by atoms with van der Waals surface area (Å²) in [7, 11) is 0.